The summed E-state index contributed by atoms with van der Waals surface area (Å²) in [6.07, 6.45) is 1.29. The predicted molar refractivity (Wildman–Crippen MR) is 107 cm³/mol. The van der Waals surface area contributed by atoms with E-state index in [2.05, 4.69) is 10.3 Å². The Balaban J connectivity index is 1.78. The number of hydrogen-bond acceptors (Lipinski definition) is 4. The van der Waals surface area contributed by atoms with Crippen LogP contribution in [-0.2, 0) is 10.0 Å². The van der Waals surface area contributed by atoms with Crippen LogP contribution in [0.15, 0.2) is 42.5 Å². The number of nitrogens with zero attached hydrogens (tertiary/aromatic N) is 1. The first-order valence-electron chi connectivity index (χ1n) is 9.13. The first-order valence-corrected chi connectivity index (χ1v) is 10.7. The van der Waals surface area contributed by atoms with E-state index >= 15 is 0 Å². The Morgan fingerprint density at radius 2 is 1.89 bits per heavy atom. The fraction of sp³-hybridized carbons (Fsp3) is 0.350. The van der Waals surface area contributed by atoms with Crippen molar-refractivity contribution in [2.45, 2.75) is 25.0 Å². The minimum Gasteiger partial charge on any atom is -0.305 e. The molecule has 2 aromatic rings. The molecule has 1 saturated heterocycles. The average Bonchev–Trinajstić information content (AvgIpc) is 2.69. The maximum absolute atomic E-state index is 14.5. The highest BCUT2D eigenvalue weighted by Gasteiger charge is 2.30. The van der Waals surface area contributed by atoms with Gasteiger partial charge in [0.05, 0.1) is 10.8 Å². The first-order chi connectivity index (χ1) is 13.3. The van der Waals surface area contributed by atoms with Crippen LogP contribution in [-0.4, -0.2) is 44.6 Å². The molecule has 1 fully saturated rings. The van der Waals surface area contributed by atoms with Crippen LogP contribution in [0.25, 0.3) is 11.1 Å². The summed E-state index contributed by atoms with van der Waals surface area (Å²) in [5.74, 6) is -1.50. The van der Waals surface area contributed by atoms with Crippen molar-refractivity contribution in [3.8, 4) is 11.1 Å². The highest BCUT2D eigenvalue weighted by molar-refractivity contribution is 7.90. The van der Waals surface area contributed by atoms with Gasteiger partial charge in [-0.1, -0.05) is 30.3 Å². The number of nitrogens with one attached hydrogen (secondary N) is 2. The van der Waals surface area contributed by atoms with Gasteiger partial charge in [0.1, 0.15) is 5.82 Å². The lowest BCUT2D eigenvalue weighted by Crippen LogP contribution is -2.50. The fourth-order valence-corrected chi connectivity index (χ4v) is 4.70. The van der Waals surface area contributed by atoms with Crippen molar-refractivity contribution in [2.24, 2.45) is 0 Å². The number of carbonyl (C=O) groups excluding carboxylic acids is 1. The van der Waals surface area contributed by atoms with Crippen LogP contribution < -0.4 is 10.3 Å². The second kappa shape index (κ2) is 8.38. The molecule has 6 nitrogen and oxygen atoms in total. The number of piperidine rings is 1. The highest BCUT2D eigenvalue weighted by atomic mass is 32.2. The highest BCUT2D eigenvalue weighted by Crippen LogP contribution is 2.24. The number of rotatable bonds is 5. The van der Waals surface area contributed by atoms with Gasteiger partial charge >= 0.3 is 0 Å². The van der Waals surface area contributed by atoms with Gasteiger partial charge in [-0.25, -0.2) is 12.8 Å². The number of hydrogen-bond donors (Lipinski definition) is 2. The molecule has 0 aromatic heterocycles. The van der Waals surface area contributed by atoms with Gasteiger partial charge in [0.2, 0.25) is 10.0 Å². The lowest BCUT2D eigenvalue weighted by Gasteiger charge is -2.29. The smallest absolute Gasteiger partial charge is 0.269 e. The molecule has 1 unspecified atom stereocenters. The molecule has 2 N–H and O–H groups in total. The number of aryl methyl sites for hydroxylation is 1. The third-order valence-corrected chi connectivity index (χ3v) is 6.58. The van der Waals surface area contributed by atoms with Gasteiger partial charge in [0.25, 0.3) is 5.91 Å². The van der Waals surface area contributed by atoms with Gasteiger partial charge < -0.3 is 4.90 Å². The summed E-state index contributed by atoms with van der Waals surface area (Å²) in [6, 6.07) is 12.4. The van der Waals surface area contributed by atoms with Crippen molar-refractivity contribution in [2.75, 3.05) is 20.1 Å². The number of likely N-dealkylation sites (tertiary alicyclic amines) is 1. The normalized spacial score (nSPS) is 18.0. The monoisotopic (exact) mass is 405 g/mol. The summed E-state index contributed by atoms with van der Waals surface area (Å²) in [4.78, 5) is 16.6. The Bertz CT molecular complexity index is 964. The van der Waals surface area contributed by atoms with E-state index < -0.39 is 27.0 Å². The third-order valence-electron chi connectivity index (χ3n) is 4.93. The van der Waals surface area contributed by atoms with E-state index in [-0.39, 0.29) is 5.56 Å². The molecule has 0 spiro atoms. The Morgan fingerprint density at radius 3 is 2.57 bits per heavy atom. The van der Waals surface area contributed by atoms with Gasteiger partial charge in [-0.05, 0) is 62.2 Å². The van der Waals surface area contributed by atoms with E-state index in [1.54, 1.807) is 13.0 Å². The van der Waals surface area contributed by atoms with E-state index in [9.17, 15) is 17.6 Å². The van der Waals surface area contributed by atoms with Gasteiger partial charge in [-0.2, -0.15) is 0 Å². The summed E-state index contributed by atoms with van der Waals surface area (Å²) in [5, 5.41) is -0.617. The standard InChI is InChI=1S/C20H24FN3O3S/c1-14-11-16(15-7-4-3-5-8-15)12-18(19(14)21)20(25)22-23-28(26,27)17-9-6-10-24(2)13-17/h3-5,7-8,11-12,17,23H,6,9-10,13H2,1-2H3,(H,22,25). The molecule has 1 aliphatic heterocycles. The quantitative estimate of drug-likeness (QED) is 0.749. The average molecular weight is 405 g/mol. The van der Waals surface area contributed by atoms with Crippen molar-refractivity contribution < 1.29 is 17.6 Å². The Kier molecular flexibility index (Phi) is 6.12. The zero-order valence-corrected chi connectivity index (χ0v) is 16.7. The molecule has 8 heteroatoms. The second-order valence-corrected chi connectivity index (χ2v) is 9.11. The third kappa shape index (κ3) is 4.57. The second-order valence-electron chi connectivity index (χ2n) is 7.15. The van der Waals surface area contributed by atoms with E-state index in [1.165, 1.54) is 6.07 Å². The van der Waals surface area contributed by atoms with Crippen molar-refractivity contribution in [1.29, 1.82) is 0 Å². The summed E-state index contributed by atoms with van der Waals surface area (Å²) < 4.78 is 39.5. The molecule has 150 valence electrons. The summed E-state index contributed by atoms with van der Waals surface area (Å²) in [7, 11) is -1.90. The van der Waals surface area contributed by atoms with Crippen molar-refractivity contribution in [3.63, 3.8) is 0 Å². The van der Waals surface area contributed by atoms with E-state index in [1.807, 2.05) is 42.3 Å². The van der Waals surface area contributed by atoms with E-state index in [0.717, 1.165) is 18.5 Å². The number of halogens is 1. The first kappa shape index (κ1) is 20.4. The summed E-state index contributed by atoms with van der Waals surface area (Å²) in [5.41, 5.74) is 3.79. The predicted octanol–water partition coefficient (Wildman–Crippen LogP) is 2.46. The molecule has 1 atom stereocenters. The molecule has 28 heavy (non-hydrogen) atoms. The molecule has 0 bridgehead atoms. The van der Waals surface area contributed by atoms with Gasteiger partial charge in [-0.3, -0.25) is 10.2 Å². The lowest BCUT2D eigenvalue weighted by atomic mass is 9.99. The number of carbonyl (C=O) groups is 1. The number of hydrazine groups is 1. The van der Waals surface area contributed by atoms with Crippen molar-refractivity contribution in [3.05, 3.63) is 59.4 Å². The largest absolute Gasteiger partial charge is 0.305 e. The van der Waals surface area contributed by atoms with Crippen LogP contribution in [0.2, 0.25) is 0 Å². The Labute approximate surface area is 164 Å². The van der Waals surface area contributed by atoms with Crippen molar-refractivity contribution in [1.82, 2.24) is 15.2 Å². The van der Waals surface area contributed by atoms with Crippen molar-refractivity contribution >= 4 is 15.9 Å². The Hall–Kier alpha value is -2.29. The van der Waals surface area contributed by atoms with E-state index in [0.29, 0.717) is 24.1 Å². The maximum Gasteiger partial charge on any atom is 0.269 e. The molecule has 1 aliphatic rings. The zero-order chi connectivity index (χ0) is 20.3. The van der Waals surface area contributed by atoms with Gasteiger partial charge in [-0.15, -0.1) is 4.83 Å². The topological polar surface area (TPSA) is 78.5 Å². The van der Waals surface area contributed by atoms with Crippen LogP contribution in [0, 0.1) is 12.7 Å². The van der Waals surface area contributed by atoms with Gasteiger partial charge in [0.15, 0.2) is 0 Å². The molecule has 0 radical (unpaired) electrons. The van der Waals surface area contributed by atoms with Crippen LogP contribution in [0.3, 0.4) is 0 Å². The van der Waals surface area contributed by atoms with Crippen LogP contribution >= 0.6 is 0 Å². The van der Waals surface area contributed by atoms with Crippen LogP contribution in [0.1, 0.15) is 28.8 Å². The minimum absolute atomic E-state index is 0.206. The summed E-state index contributed by atoms with van der Waals surface area (Å²) >= 11 is 0. The number of sulfonamides is 1. The molecular formula is C20H24FN3O3S. The van der Waals surface area contributed by atoms with Crippen LogP contribution in [0.5, 0.6) is 0 Å². The Morgan fingerprint density at radius 1 is 1.18 bits per heavy atom. The fourth-order valence-electron chi connectivity index (χ4n) is 3.37. The molecular weight excluding hydrogens is 381 g/mol. The zero-order valence-electron chi connectivity index (χ0n) is 15.9. The molecule has 1 heterocycles. The number of benzene rings is 2. The number of amides is 1. The maximum atomic E-state index is 14.5. The van der Waals surface area contributed by atoms with E-state index in [4.69, 9.17) is 0 Å². The molecule has 0 aliphatic carbocycles. The molecule has 0 saturated carbocycles. The molecule has 3 rings (SSSR count). The SMILES string of the molecule is Cc1cc(-c2ccccc2)cc(C(=O)NNS(=O)(=O)C2CCCN(C)C2)c1F. The van der Waals surface area contributed by atoms with Gasteiger partial charge in [0, 0.05) is 6.54 Å². The molecule has 1 amide bonds. The molecule has 2 aromatic carbocycles. The lowest BCUT2D eigenvalue weighted by molar-refractivity contribution is 0.0940. The summed E-state index contributed by atoms with van der Waals surface area (Å²) in [6.45, 7) is 2.80. The van der Waals surface area contributed by atoms with Crippen LogP contribution in [0.4, 0.5) is 4.39 Å². The minimum atomic E-state index is -3.75.